The summed E-state index contributed by atoms with van der Waals surface area (Å²) in [4.78, 5) is 16.3. The van der Waals surface area contributed by atoms with Crippen LogP contribution in [-0.2, 0) is 0 Å². The molecular weight excluding hydrogens is 913 g/mol. The molecule has 0 N–H and O–H groups in total. The lowest BCUT2D eigenvalue weighted by atomic mass is 9.92. The van der Waals surface area contributed by atoms with Gasteiger partial charge in [0.25, 0.3) is 0 Å². The Balaban J connectivity index is 0.931. The normalized spacial score (nSPS) is 12.0. The SMILES string of the molecule is c1ccc(-c2nc(-c3cccc4c3c3ccccc3n4-c3ccccc3)nc(-n3c4ccccc4c4cc5c6ccccc6n(-c6cccc(-c7ccc8c9ccccc9c9ccccc9c8c7)c6)c5cc43)n2)cc1. The van der Waals surface area contributed by atoms with Crippen molar-refractivity contribution >= 4 is 97.7 Å². The summed E-state index contributed by atoms with van der Waals surface area (Å²) in [5.74, 6) is 1.76. The maximum Gasteiger partial charge on any atom is 0.238 e. The van der Waals surface area contributed by atoms with E-state index in [-0.39, 0.29) is 0 Å². The fourth-order valence-corrected chi connectivity index (χ4v) is 12.2. The number of fused-ring (bicyclic) bond motifs is 15. The predicted octanol–water partition coefficient (Wildman–Crippen LogP) is 17.6. The number of benzene rings is 12. The highest BCUT2D eigenvalue weighted by molar-refractivity contribution is 6.26. The molecule has 0 saturated carbocycles. The van der Waals surface area contributed by atoms with Crippen LogP contribution in [0.15, 0.2) is 255 Å². The lowest BCUT2D eigenvalue weighted by Crippen LogP contribution is -2.06. The molecule has 75 heavy (non-hydrogen) atoms. The molecule has 0 bridgehead atoms. The van der Waals surface area contributed by atoms with E-state index in [9.17, 15) is 0 Å². The first-order valence-electron chi connectivity index (χ1n) is 25.5. The molecule has 6 nitrogen and oxygen atoms in total. The first kappa shape index (κ1) is 41.4. The maximum atomic E-state index is 5.54. The quantitative estimate of drug-likeness (QED) is 0.156. The van der Waals surface area contributed by atoms with Gasteiger partial charge < -0.3 is 9.13 Å². The van der Waals surface area contributed by atoms with Crippen LogP contribution in [0.3, 0.4) is 0 Å². The molecule has 16 aromatic rings. The van der Waals surface area contributed by atoms with Gasteiger partial charge in [0, 0.05) is 54.8 Å². The van der Waals surface area contributed by atoms with Crippen molar-refractivity contribution in [3.05, 3.63) is 255 Å². The van der Waals surface area contributed by atoms with Gasteiger partial charge in [-0.3, -0.25) is 4.57 Å². The first-order chi connectivity index (χ1) is 37.2. The van der Waals surface area contributed by atoms with Crippen molar-refractivity contribution < 1.29 is 0 Å². The number of hydrogen-bond donors (Lipinski definition) is 0. The highest BCUT2D eigenvalue weighted by Crippen LogP contribution is 2.43. The summed E-state index contributed by atoms with van der Waals surface area (Å²) in [5.41, 5.74) is 12.8. The van der Waals surface area contributed by atoms with Gasteiger partial charge in [0.15, 0.2) is 11.6 Å². The number of rotatable bonds is 6. The zero-order valence-corrected chi connectivity index (χ0v) is 40.4. The van der Waals surface area contributed by atoms with Crippen LogP contribution in [0.5, 0.6) is 0 Å². The fraction of sp³-hybridized carbons (Fsp3) is 0. The van der Waals surface area contributed by atoms with Crippen molar-refractivity contribution in [2.45, 2.75) is 0 Å². The lowest BCUT2D eigenvalue weighted by Gasteiger charge is -2.14. The summed E-state index contributed by atoms with van der Waals surface area (Å²) in [6.07, 6.45) is 0. The largest absolute Gasteiger partial charge is 0.309 e. The van der Waals surface area contributed by atoms with Crippen molar-refractivity contribution in [3.8, 4) is 51.2 Å². The second kappa shape index (κ2) is 16.2. The standard InChI is InChI=1S/C69H42N6/c1-3-19-43(20-4-1)67-70-68(56-32-18-36-63-66(56)55-31-13-16-35-62(55)73(63)46-22-5-2-6-23-46)72-69(71-67)75-61-34-15-12-30-54(61)59-41-58-53-29-11-14-33-60(53)74(64(58)42-65(59)75)47-24-17-21-44(39-47)45-37-38-52-50-27-8-7-25-48(50)49-26-9-10-28-51(49)57(52)40-45/h1-42H. The Kier molecular flexibility index (Phi) is 8.94. The molecule has 0 fully saturated rings. The Labute approximate surface area is 430 Å². The van der Waals surface area contributed by atoms with E-state index in [0.29, 0.717) is 17.6 Å². The molecule has 0 atom stereocenters. The summed E-state index contributed by atoms with van der Waals surface area (Å²) in [7, 11) is 0. The molecule has 4 aromatic heterocycles. The van der Waals surface area contributed by atoms with Crippen LogP contribution >= 0.6 is 0 Å². The smallest absolute Gasteiger partial charge is 0.238 e. The van der Waals surface area contributed by atoms with E-state index >= 15 is 0 Å². The van der Waals surface area contributed by atoms with Crippen molar-refractivity contribution in [1.29, 1.82) is 0 Å². The van der Waals surface area contributed by atoms with Crippen LogP contribution in [-0.4, -0.2) is 28.7 Å². The van der Waals surface area contributed by atoms with Crippen molar-refractivity contribution in [1.82, 2.24) is 28.7 Å². The summed E-state index contributed by atoms with van der Waals surface area (Å²) in [5, 5.41) is 14.5. The Morgan fingerprint density at radius 1 is 0.227 bits per heavy atom. The van der Waals surface area contributed by atoms with Gasteiger partial charge in [0.2, 0.25) is 5.95 Å². The minimum atomic E-state index is 0.550. The average Bonchev–Trinajstić information content (AvgIpc) is 4.13. The maximum absolute atomic E-state index is 5.54. The monoisotopic (exact) mass is 954 g/mol. The Hall–Kier alpha value is -10.2. The van der Waals surface area contributed by atoms with Crippen LogP contribution in [0, 0.1) is 0 Å². The van der Waals surface area contributed by atoms with Crippen LogP contribution in [0.25, 0.3) is 149 Å². The number of hydrogen-bond acceptors (Lipinski definition) is 3. The van der Waals surface area contributed by atoms with E-state index in [1.165, 1.54) is 48.7 Å². The van der Waals surface area contributed by atoms with E-state index in [1.54, 1.807) is 0 Å². The Morgan fingerprint density at radius 3 is 1.39 bits per heavy atom. The third-order valence-electron chi connectivity index (χ3n) is 15.5. The molecule has 348 valence electrons. The van der Waals surface area contributed by atoms with Crippen molar-refractivity contribution in [2.24, 2.45) is 0 Å². The summed E-state index contributed by atoms with van der Waals surface area (Å²) in [6.45, 7) is 0. The van der Waals surface area contributed by atoms with Gasteiger partial charge in [-0.25, -0.2) is 4.98 Å². The highest BCUT2D eigenvalue weighted by atomic mass is 15.2. The molecule has 0 aliphatic heterocycles. The first-order valence-corrected chi connectivity index (χ1v) is 25.5. The molecule has 16 rings (SSSR count). The molecule has 0 saturated heterocycles. The minimum Gasteiger partial charge on any atom is -0.309 e. The van der Waals surface area contributed by atoms with Gasteiger partial charge in [-0.2, -0.15) is 9.97 Å². The van der Waals surface area contributed by atoms with Crippen LogP contribution in [0.4, 0.5) is 0 Å². The second-order valence-corrected chi connectivity index (χ2v) is 19.5. The molecule has 0 radical (unpaired) electrons. The summed E-state index contributed by atoms with van der Waals surface area (Å²) >= 11 is 0. The van der Waals surface area contributed by atoms with Gasteiger partial charge >= 0.3 is 0 Å². The number of nitrogens with zero attached hydrogens (tertiary/aromatic N) is 6. The Morgan fingerprint density at radius 2 is 0.693 bits per heavy atom. The van der Waals surface area contributed by atoms with Crippen molar-refractivity contribution in [2.75, 3.05) is 0 Å². The zero-order chi connectivity index (χ0) is 49.1. The molecule has 0 aliphatic rings. The average molecular weight is 955 g/mol. The molecule has 12 aromatic carbocycles. The fourth-order valence-electron chi connectivity index (χ4n) is 12.2. The number of para-hydroxylation sites is 4. The summed E-state index contributed by atoms with van der Waals surface area (Å²) < 4.78 is 7.01. The third kappa shape index (κ3) is 6.24. The van der Waals surface area contributed by atoms with E-state index in [4.69, 9.17) is 15.0 Å². The van der Waals surface area contributed by atoms with Gasteiger partial charge in [-0.1, -0.05) is 188 Å². The van der Waals surface area contributed by atoms with Gasteiger partial charge in [-0.15, -0.1) is 0 Å². The van der Waals surface area contributed by atoms with Gasteiger partial charge in [0.05, 0.1) is 33.1 Å². The molecule has 0 aliphatic carbocycles. The molecule has 4 heterocycles. The highest BCUT2D eigenvalue weighted by Gasteiger charge is 2.24. The zero-order valence-electron chi connectivity index (χ0n) is 40.4. The molecule has 0 amide bonds. The molecular formula is C69H42N6. The topological polar surface area (TPSA) is 53.5 Å². The minimum absolute atomic E-state index is 0.550. The van der Waals surface area contributed by atoms with Crippen LogP contribution in [0.2, 0.25) is 0 Å². The second-order valence-electron chi connectivity index (χ2n) is 19.5. The predicted molar refractivity (Wildman–Crippen MR) is 312 cm³/mol. The van der Waals surface area contributed by atoms with E-state index in [2.05, 4.69) is 250 Å². The van der Waals surface area contributed by atoms with Crippen LogP contribution in [0.1, 0.15) is 0 Å². The molecule has 0 unspecified atom stereocenters. The van der Waals surface area contributed by atoms with E-state index < -0.39 is 0 Å². The Bertz CT molecular complexity index is 4970. The van der Waals surface area contributed by atoms with Crippen LogP contribution < -0.4 is 0 Å². The number of aromatic nitrogens is 6. The van der Waals surface area contributed by atoms with E-state index in [0.717, 1.165) is 82.7 Å². The van der Waals surface area contributed by atoms with Crippen molar-refractivity contribution in [3.63, 3.8) is 0 Å². The third-order valence-corrected chi connectivity index (χ3v) is 15.5. The summed E-state index contributed by atoms with van der Waals surface area (Å²) in [6, 6.07) is 91.7. The van der Waals surface area contributed by atoms with E-state index in [1.807, 2.05) is 18.2 Å². The molecule has 0 spiro atoms. The molecule has 6 heteroatoms. The lowest BCUT2D eigenvalue weighted by molar-refractivity contribution is 0.954. The van der Waals surface area contributed by atoms with Gasteiger partial charge in [0.1, 0.15) is 0 Å². The van der Waals surface area contributed by atoms with Gasteiger partial charge in [-0.05, 0) is 110 Å².